The maximum Gasteiger partial charge on any atom is 0.349 e. The molecule has 2 aromatic rings. The number of hydrogen-bond acceptors (Lipinski definition) is 5. The van der Waals surface area contributed by atoms with Crippen LogP contribution in [0.25, 0.3) is 5.69 Å². The maximum absolute atomic E-state index is 12.9. The molecule has 2 aromatic heterocycles. The lowest BCUT2D eigenvalue weighted by Crippen LogP contribution is -2.51. The standard InChI is InChI=1S/C20H22ClN5O3/c21-17-15(4-14(8-22-17)26-19(29)25-16(27)9-24-26)18(28)23-10-20-5-11-1-12(6-20)3-13(2-11)7-20/h4,8-9,11-13H,1-3,5-7,10H2,(H,23,28)(H,25,27,29). The minimum absolute atomic E-state index is 0.0641. The molecule has 2 heterocycles. The van der Waals surface area contributed by atoms with E-state index < -0.39 is 11.2 Å². The Balaban J connectivity index is 1.36. The second-order valence-corrected chi connectivity index (χ2v) is 9.34. The van der Waals surface area contributed by atoms with E-state index in [0.29, 0.717) is 6.54 Å². The second kappa shape index (κ2) is 6.79. The molecule has 0 aromatic carbocycles. The Morgan fingerprint density at radius 2 is 1.83 bits per heavy atom. The van der Waals surface area contributed by atoms with Gasteiger partial charge in [0, 0.05) is 6.54 Å². The van der Waals surface area contributed by atoms with E-state index in [2.05, 4.69) is 20.4 Å². The van der Waals surface area contributed by atoms with Gasteiger partial charge < -0.3 is 5.32 Å². The number of nitrogens with zero attached hydrogens (tertiary/aromatic N) is 3. The van der Waals surface area contributed by atoms with Gasteiger partial charge in [-0.05, 0) is 67.8 Å². The van der Waals surface area contributed by atoms with Crippen molar-refractivity contribution in [3.63, 3.8) is 0 Å². The van der Waals surface area contributed by atoms with Crippen LogP contribution in [-0.4, -0.2) is 32.2 Å². The van der Waals surface area contributed by atoms with Crippen molar-refractivity contribution in [1.29, 1.82) is 0 Å². The highest BCUT2D eigenvalue weighted by Gasteiger charge is 2.50. The van der Waals surface area contributed by atoms with Gasteiger partial charge in [-0.25, -0.2) is 9.78 Å². The number of carbonyl (C=O) groups is 1. The molecule has 4 aliphatic rings. The number of rotatable bonds is 4. The largest absolute Gasteiger partial charge is 0.351 e. The fourth-order valence-electron chi connectivity index (χ4n) is 6.12. The molecule has 0 aliphatic heterocycles. The van der Waals surface area contributed by atoms with E-state index in [1.165, 1.54) is 50.8 Å². The van der Waals surface area contributed by atoms with Gasteiger partial charge in [-0.2, -0.15) is 9.78 Å². The molecule has 4 fully saturated rings. The molecule has 4 saturated carbocycles. The molecule has 1 amide bonds. The molecule has 29 heavy (non-hydrogen) atoms. The zero-order valence-electron chi connectivity index (χ0n) is 15.9. The van der Waals surface area contributed by atoms with Crippen molar-refractivity contribution in [2.45, 2.75) is 38.5 Å². The van der Waals surface area contributed by atoms with Crippen LogP contribution in [0.2, 0.25) is 5.15 Å². The molecular formula is C20H22ClN5O3. The van der Waals surface area contributed by atoms with Crippen LogP contribution in [0.15, 0.2) is 28.0 Å². The third-order valence-corrected chi connectivity index (χ3v) is 7.12. The lowest BCUT2D eigenvalue weighted by molar-refractivity contribution is -0.0503. The van der Waals surface area contributed by atoms with Gasteiger partial charge in [-0.15, -0.1) is 0 Å². The molecule has 0 saturated heterocycles. The summed E-state index contributed by atoms with van der Waals surface area (Å²) in [5, 5.41) is 6.93. The zero-order valence-corrected chi connectivity index (χ0v) is 16.6. The van der Waals surface area contributed by atoms with E-state index >= 15 is 0 Å². The van der Waals surface area contributed by atoms with Crippen molar-refractivity contribution in [2.24, 2.45) is 23.2 Å². The summed E-state index contributed by atoms with van der Waals surface area (Å²) in [5.41, 5.74) is -0.646. The van der Waals surface area contributed by atoms with Gasteiger partial charge in [0.15, 0.2) is 0 Å². The molecule has 0 atom stereocenters. The van der Waals surface area contributed by atoms with Gasteiger partial charge in [0.05, 0.1) is 17.4 Å². The van der Waals surface area contributed by atoms with Crippen molar-refractivity contribution in [3.05, 3.63) is 50.0 Å². The van der Waals surface area contributed by atoms with Crippen molar-refractivity contribution < 1.29 is 4.79 Å². The van der Waals surface area contributed by atoms with Gasteiger partial charge in [0.2, 0.25) is 0 Å². The summed E-state index contributed by atoms with van der Waals surface area (Å²) in [6.45, 7) is 0.646. The fourth-order valence-corrected chi connectivity index (χ4v) is 6.31. The van der Waals surface area contributed by atoms with E-state index in [0.717, 1.165) is 28.6 Å². The predicted octanol–water partition coefficient (Wildman–Crippen LogP) is 1.92. The molecule has 4 aliphatic carbocycles. The first-order valence-electron chi connectivity index (χ1n) is 10.0. The fraction of sp³-hybridized carbons (Fsp3) is 0.550. The highest BCUT2D eigenvalue weighted by molar-refractivity contribution is 6.32. The number of aromatic nitrogens is 4. The number of amides is 1. The van der Waals surface area contributed by atoms with E-state index in [9.17, 15) is 14.4 Å². The average Bonchev–Trinajstić information content (AvgIpc) is 2.66. The quantitative estimate of drug-likeness (QED) is 0.741. The maximum atomic E-state index is 12.9. The van der Waals surface area contributed by atoms with E-state index in [-0.39, 0.29) is 27.7 Å². The number of hydrogen-bond donors (Lipinski definition) is 2. The highest BCUT2D eigenvalue weighted by Crippen LogP contribution is 2.59. The van der Waals surface area contributed by atoms with Gasteiger partial charge in [-0.1, -0.05) is 11.6 Å². The van der Waals surface area contributed by atoms with Crippen LogP contribution in [0.1, 0.15) is 48.9 Å². The first-order chi connectivity index (χ1) is 13.9. The molecule has 2 N–H and O–H groups in total. The first-order valence-corrected chi connectivity index (χ1v) is 10.4. The third-order valence-electron chi connectivity index (χ3n) is 6.82. The molecule has 9 heteroatoms. The van der Waals surface area contributed by atoms with Gasteiger partial charge >= 0.3 is 5.69 Å². The van der Waals surface area contributed by atoms with Crippen LogP contribution < -0.4 is 16.6 Å². The minimum Gasteiger partial charge on any atom is -0.351 e. The Labute approximate surface area is 171 Å². The summed E-state index contributed by atoms with van der Waals surface area (Å²) >= 11 is 6.16. The lowest BCUT2D eigenvalue weighted by Gasteiger charge is -2.56. The van der Waals surface area contributed by atoms with E-state index in [4.69, 9.17) is 11.6 Å². The molecule has 0 spiro atoms. The first kappa shape index (κ1) is 18.5. The topological polar surface area (TPSA) is 110 Å². The summed E-state index contributed by atoms with van der Waals surface area (Å²) in [6.07, 6.45) is 9.98. The van der Waals surface area contributed by atoms with Crippen LogP contribution in [0.4, 0.5) is 0 Å². The van der Waals surface area contributed by atoms with E-state index in [1.54, 1.807) is 0 Å². The predicted molar refractivity (Wildman–Crippen MR) is 106 cm³/mol. The van der Waals surface area contributed by atoms with Crippen molar-refractivity contribution in [2.75, 3.05) is 6.54 Å². The molecule has 152 valence electrons. The lowest BCUT2D eigenvalue weighted by atomic mass is 9.49. The smallest absolute Gasteiger partial charge is 0.349 e. The van der Waals surface area contributed by atoms with Gasteiger partial charge in [0.1, 0.15) is 11.3 Å². The van der Waals surface area contributed by atoms with Gasteiger partial charge in [0.25, 0.3) is 11.5 Å². The normalized spacial score (nSPS) is 29.8. The van der Waals surface area contributed by atoms with Crippen molar-refractivity contribution in [3.8, 4) is 5.69 Å². The zero-order chi connectivity index (χ0) is 20.2. The minimum atomic E-state index is -0.707. The second-order valence-electron chi connectivity index (χ2n) is 8.98. The number of halogens is 1. The number of nitrogens with one attached hydrogen (secondary N) is 2. The molecule has 6 rings (SSSR count). The Morgan fingerprint density at radius 3 is 2.45 bits per heavy atom. The molecule has 0 radical (unpaired) electrons. The number of aromatic amines is 1. The van der Waals surface area contributed by atoms with Crippen LogP contribution >= 0.6 is 11.6 Å². The molecule has 8 nitrogen and oxygen atoms in total. The summed E-state index contributed by atoms with van der Waals surface area (Å²) in [5.74, 6) is 2.12. The third kappa shape index (κ3) is 3.39. The number of carbonyl (C=O) groups excluding carboxylic acids is 1. The Bertz CT molecular complexity index is 1060. The van der Waals surface area contributed by atoms with Crippen LogP contribution in [-0.2, 0) is 0 Å². The Kier molecular flexibility index (Phi) is 4.34. The summed E-state index contributed by atoms with van der Waals surface area (Å²) < 4.78 is 0.973. The SMILES string of the molecule is O=C(NCC12CC3CC(CC(C3)C1)C2)c1cc(-n2ncc(=O)[nH]c2=O)cnc1Cl. The summed E-state index contributed by atoms with van der Waals surface area (Å²) in [7, 11) is 0. The number of pyridine rings is 1. The van der Waals surface area contributed by atoms with Crippen LogP contribution in [0.3, 0.4) is 0 Å². The van der Waals surface area contributed by atoms with Crippen molar-refractivity contribution in [1.82, 2.24) is 25.1 Å². The molecule has 0 unspecified atom stereocenters. The summed E-state index contributed by atoms with van der Waals surface area (Å²) in [6, 6.07) is 1.47. The molecular weight excluding hydrogens is 394 g/mol. The molecule has 4 bridgehead atoms. The Morgan fingerprint density at radius 1 is 1.17 bits per heavy atom. The monoisotopic (exact) mass is 415 g/mol. The van der Waals surface area contributed by atoms with Crippen LogP contribution in [0.5, 0.6) is 0 Å². The van der Waals surface area contributed by atoms with E-state index in [1.807, 2.05) is 0 Å². The number of H-pyrrole nitrogens is 1. The Hall–Kier alpha value is -2.48. The average molecular weight is 416 g/mol. The summed E-state index contributed by atoms with van der Waals surface area (Å²) in [4.78, 5) is 42.2. The highest BCUT2D eigenvalue weighted by atomic mass is 35.5. The van der Waals surface area contributed by atoms with Crippen LogP contribution in [0, 0.1) is 23.2 Å². The van der Waals surface area contributed by atoms with Crippen molar-refractivity contribution >= 4 is 17.5 Å². The van der Waals surface area contributed by atoms with Gasteiger partial charge in [-0.3, -0.25) is 14.6 Å².